The summed E-state index contributed by atoms with van der Waals surface area (Å²) >= 11 is 12.2. The lowest BCUT2D eigenvalue weighted by Gasteiger charge is -2.09. The van der Waals surface area contributed by atoms with Crippen molar-refractivity contribution < 1.29 is 9.72 Å². The largest absolute Gasteiger partial charge is 0.350 e. The molecule has 4 rings (SSSR count). The van der Waals surface area contributed by atoms with Gasteiger partial charge in [0.15, 0.2) is 0 Å². The van der Waals surface area contributed by atoms with Gasteiger partial charge in [0.25, 0.3) is 11.6 Å². The summed E-state index contributed by atoms with van der Waals surface area (Å²) in [5.41, 5.74) is 3.10. The third-order valence-electron chi connectivity index (χ3n) is 5.15. The first-order chi connectivity index (χ1) is 15.8. The van der Waals surface area contributed by atoms with Gasteiger partial charge in [0.1, 0.15) is 11.4 Å². The van der Waals surface area contributed by atoms with E-state index in [0.717, 1.165) is 11.3 Å². The van der Waals surface area contributed by atoms with Crippen molar-refractivity contribution in [1.29, 1.82) is 0 Å². The molecule has 2 aromatic heterocycles. The summed E-state index contributed by atoms with van der Waals surface area (Å²) in [6.45, 7) is 0.352. The molecule has 33 heavy (non-hydrogen) atoms. The Morgan fingerprint density at radius 2 is 1.88 bits per heavy atom. The SMILES string of the molecule is Cn1cccc1-c1cc(C(=O)NCCc2ccc(Cl)cc2Cl)n(-c2ccc([N+](=O)[O-])cc2)n1. The van der Waals surface area contributed by atoms with Crippen LogP contribution in [0.3, 0.4) is 0 Å². The zero-order valence-corrected chi connectivity index (χ0v) is 19.0. The van der Waals surface area contributed by atoms with Gasteiger partial charge in [0, 0.05) is 42.0 Å². The number of nitrogens with zero attached hydrogens (tertiary/aromatic N) is 4. The molecule has 0 aliphatic heterocycles. The van der Waals surface area contributed by atoms with E-state index in [2.05, 4.69) is 10.4 Å². The molecule has 0 spiro atoms. The Kier molecular flexibility index (Phi) is 6.48. The van der Waals surface area contributed by atoms with Crippen molar-refractivity contribution in [2.45, 2.75) is 6.42 Å². The van der Waals surface area contributed by atoms with E-state index >= 15 is 0 Å². The molecule has 0 bridgehead atoms. The summed E-state index contributed by atoms with van der Waals surface area (Å²) in [7, 11) is 1.88. The minimum atomic E-state index is -0.474. The molecule has 0 aliphatic carbocycles. The van der Waals surface area contributed by atoms with Crippen molar-refractivity contribution in [1.82, 2.24) is 19.7 Å². The third-order valence-corrected chi connectivity index (χ3v) is 5.74. The number of carbonyl (C=O) groups excluding carboxylic acids is 1. The molecular formula is C23H19Cl2N5O3. The van der Waals surface area contributed by atoms with Crippen molar-refractivity contribution in [3.8, 4) is 17.1 Å². The van der Waals surface area contributed by atoms with Gasteiger partial charge in [0.2, 0.25) is 0 Å². The molecule has 8 nitrogen and oxygen atoms in total. The second-order valence-electron chi connectivity index (χ2n) is 7.35. The van der Waals surface area contributed by atoms with Crippen molar-refractivity contribution in [3.05, 3.63) is 98.3 Å². The van der Waals surface area contributed by atoms with Gasteiger partial charge in [-0.3, -0.25) is 14.9 Å². The number of hydrogen-bond acceptors (Lipinski definition) is 4. The maximum absolute atomic E-state index is 13.1. The molecule has 1 amide bonds. The number of hydrogen-bond donors (Lipinski definition) is 1. The Bertz CT molecular complexity index is 1330. The van der Waals surface area contributed by atoms with E-state index in [-0.39, 0.29) is 11.6 Å². The third kappa shape index (κ3) is 4.92. The number of rotatable bonds is 7. The highest BCUT2D eigenvalue weighted by molar-refractivity contribution is 6.35. The highest BCUT2D eigenvalue weighted by atomic mass is 35.5. The van der Waals surface area contributed by atoms with Crippen LogP contribution in [0.5, 0.6) is 0 Å². The topological polar surface area (TPSA) is 95.0 Å². The smallest absolute Gasteiger partial charge is 0.270 e. The Hall–Kier alpha value is -3.62. The number of halogens is 2. The van der Waals surface area contributed by atoms with E-state index < -0.39 is 4.92 Å². The normalized spacial score (nSPS) is 10.9. The fourth-order valence-electron chi connectivity index (χ4n) is 3.43. The fourth-order valence-corrected chi connectivity index (χ4v) is 3.94. The molecule has 168 valence electrons. The number of nitro groups is 1. The molecule has 0 saturated heterocycles. The number of benzene rings is 2. The van der Waals surface area contributed by atoms with Crippen LogP contribution in [-0.2, 0) is 13.5 Å². The van der Waals surface area contributed by atoms with Crippen molar-refractivity contribution >= 4 is 34.8 Å². The predicted molar refractivity (Wildman–Crippen MR) is 127 cm³/mol. The van der Waals surface area contributed by atoms with Gasteiger partial charge in [-0.2, -0.15) is 5.10 Å². The fraction of sp³-hybridized carbons (Fsp3) is 0.130. The van der Waals surface area contributed by atoms with Crippen LogP contribution in [0.15, 0.2) is 66.9 Å². The Morgan fingerprint density at radius 1 is 1.12 bits per heavy atom. The molecule has 0 aliphatic rings. The van der Waals surface area contributed by atoms with Gasteiger partial charge in [-0.05, 0) is 54.4 Å². The first kappa shape index (κ1) is 22.6. The number of nitro benzene ring substituents is 1. The number of aryl methyl sites for hydroxylation is 1. The minimum absolute atomic E-state index is 0.0422. The van der Waals surface area contributed by atoms with Crippen LogP contribution in [0, 0.1) is 10.1 Å². The Morgan fingerprint density at radius 3 is 2.52 bits per heavy atom. The van der Waals surface area contributed by atoms with Crippen molar-refractivity contribution in [2.75, 3.05) is 6.54 Å². The van der Waals surface area contributed by atoms with E-state index in [4.69, 9.17) is 23.2 Å². The van der Waals surface area contributed by atoms with Gasteiger partial charge in [0.05, 0.1) is 16.3 Å². The van der Waals surface area contributed by atoms with E-state index in [1.54, 1.807) is 30.3 Å². The molecule has 1 N–H and O–H groups in total. The standard InChI is InChI=1S/C23H19Cl2N5O3/c1-28-12-2-3-21(28)20-14-22(29(27-20)17-6-8-18(9-7-17)30(32)33)23(31)26-11-10-15-4-5-16(24)13-19(15)25/h2-9,12-14H,10-11H2,1H3,(H,26,31). The summed E-state index contributed by atoms with van der Waals surface area (Å²) in [5.74, 6) is -0.327. The minimum Gasteiger partial charge on any atom is -0.350 e. The number of aromatic nitrogens is 3. The van der Waals surface area contributed by atoms with E-state index in [0.29, 0.717) is 40.1 Å². The van der Waals surface area contributed by atoms with Crippen LogP contribution in [0.2, 0.25) is 10.0 Å². The van der Waals surface area contributed by atoms with Crippen LogP contribution < -0.4 is 5.32 Å². The van der Waals surface area contributed by atoms with Gasteiger partial charge in [-0.25, -0.2) is 4.68 Å². The van der Waals surface area contributed by atoms with Gasteiger partial charge >= 0.3 is 0 Å². The molecule has 0 fully saturated rings. The predicted octanol–water partition coefficient (Wildman–Crippen LogP) is 5.07. The zero-order valence-electron chi connectivity index (χ0n) is 17.5. The number of carbonyl (C=O) groups is 1. The second-order valence-corrected chi connectivity index (χ2v) is 8.19. The molecule has 10 heteroatoms. The maximum atomic E-state index is 13.1. The quantitative estimate of drug-likeness (QED) is 0.293. The van der Waals surface area contributed by atoms with Gasteiger partial charge < -0.3 is 9.88 Å². The second kappa shape index (κ2) is 9.48. The molecule has 2 aromatic carbocycles. The van der Waals surface area contributed by atoms with Crippen LogP contribution in [0.4, 0.5) is 5.69 Å². The van der Waals surface area contributed by atoms with Crippen LogP contribution in [0.1, 0.15) is 16.1 Å². The van der Waals surface area contributed by atoms with Crippen molar-refractivity contribution in [3.63, 3.8) is 0 Å². The molecular weight excluding hydrogens is 465 g/mol. The molecule has 0 unspecified atom stereocenters. The summed E-state index contributed by atoms with van der Waals surface area (Å²) in [6, 6.07) is 16.6. The number of nitrogens with one attached hydrogen (secondary N) is 1. The number of amides is 1. The molecule has 0 saturated carbocycles. The lowest BCUT2D eigenvalue weighted by Crippen LogP contribution is -2.27. The Balaban J connectivity index is 1.61. The van der Waals surface area contributed by atoms with Crippen LogP contribution >= 0.6 is 23.2 Å². The summed E-state index contributed by atoms with van der Waals surface area (Å²) in [4.78, 5) is 23.6. The molecule has 0 radical (unpaired) electrons. The zero-order chi connectivity index (χ0) is 23.5. The van der Waals surface area contributed by atoms with E-state index in [1.165, 1.54) is 16.8 Å². The summed E-state index contributed by atoms with van der Waals surface area (Å²) in [6.07, 6.45) is 2.41. The van der Waals surface area contributed by atoms with Gasteiger partial charge in [-0.15, -0.1) is 0 Å². The first-order valence-corrected chi connectivity index (χ1v) is 10.8. The highest BCUT2D eigenvalue weighted by Gasteiger charge is 2.19. The van der Waals surface area contributed by atoms with Crippen molar-refractivity contribution in [2.24, 2.45) is 7.05 Å². The summed E-state index contributed by atoms with van der Waals surface area (Å²) in [5, 5.41) is 19.6. The maximum Gasteiger partial charge on any atom is 0.270 e. The highest BCUT2D eigenvalue weighted by Crippen LogP contribution is 2.24. The first-order valence-electron chi connectivity index (χ1n) is 10.0. The summed E-state index contributed by atoms with van der Waals surface area (Å²) < 4.78 is 3.38. The van der Waals surface area contributed by atoms with Crippen LogP contribution in [0.25, 0.3) is 17.1 Å². The Labute approximate surface area is 199 Å². The average Bonchev–Trinajstić information content (AvgIpc) is 3.41. The van der Waals surface area contributed by atoms with E-state index in [1.807, 2.05) is 36.0 Å². The molecule has 2 heterocycles. The van der Waals surface area contributed by atoms with Crippen LogP contribution in [-0.4, -0.2) is 31.7 Å². The molecule has 0 atom stereocenters. The lowest BCUT2D eigenvalue weighted by atomic mass is 10.1. The monoisotopic (exact) mass is 483 g/mol. The average molecular weight is 484 g/mol. The number of non-ortho nitro benzene ring substituents is 1. The molecule has 4 aromatic rings. The van der Waals surface area contributed by atoms with E-state index in [9.17, 15) is 14.9 Å². The van der Waals surface area contributed by atoms with Gasteiger partial charge in [-0.1, -0.05) is 29.3 Å². The lowest BCUT2D eigenvalue weighted by molar-refractivity contribution is -0.384.